The average molecular weight is 273 g/mol. The van der Waals surface area contributed by atoms with Gasteiger partial charge in [0, 0.05) is 18.1 Å². The van der Waals surface area contributed by atoms with E-state index in [0.29, 0.717) is 32.2 Å². The SMILES string of the molecule is Nc1nn(-c2ccc3c(c2)OCCO3)c2c1COCC2. The Morgan fingerprint density at radius 3 is 2.85 bits per heavy atom. The van der Waals surface area contributed by atoms with Gasteiger partial charge in [0.15, 0.2) is 17.3 Å². The Balaban J connectivity index is 1.81. The molecule has 0 saturated carbocycles. The van der Waals surface area contributed by atoms with E-state index in [9.17, 15) is 0 Å². The number of ether oxygens (including phenoxy) is 3. The van der Waals surface area contributed by atoms with Crippen molar-refractivity contribution in [3.05, 3.63) is 29.5 Å². The van der Waals surface area contributed by atoms with E-state index in [-0.39, 0.29) is 0 Å². The molecule has 1 aromatic heterocycles. The largest absolute Gasteiger partial charge is 0.486 e. The topological polar surface area (TPSA) is 71.5 Å². The molecule has 0 amide bonds. The van der Waals surface area contributed by atoms with Crippen molar-refractivity contribution in [1.82, 2.24) is 9.78 Å². The maximum absolute atomic E-state index is 5.97. The van der Waals surface area contributed by atoms with Crippen LogP contribution in [0.5, 0.6) is 11.5 Å². The van der Waals surface area contributed by atoms with Crippen LogP contribution in [0.15, 0.2) is 18.2 Å². The summed E-state index contributed by atoms with van der Waals surface area (Å²) in [5.41, 5.74) is 9.01. The lowest BCUT2D eigenvalue weighted by molar-refractivity contribution is 0.110. The number of nitrogen functional groups attached to an aromatic ring is 1. The lowest BCUT2D eigenvalue weighted by Crippen LogP contribution is -2.16. The molecule has 0 fully saturated rings. The monoisotopic (exact) mass is 273 g/mol. The second kappa shape index (κ2) is 4.42. The van der Waals surface area contributed by atoms with Crippen LogP contribution in [0.2, 0.25) is 0 Å². The van der Waals surface area contributed by atoms with Crippen LogP contribution >= 0.6 is 0 Å². The fourth-order valence-electron chi connectivity index (χ4n) is 2.64. The first-order valence-corrected chi connectivity index (χ1v) is 6.67. The summed E-state index contributed by atoms with van der Waals surface area (Å²) in [6.45, 7) is 2.39. The molecule has 0 radical (unpaired) electrons. The fraction of sp³-hybridized carbons (Fsp3) is 0.357. The summed E-state index contributed by atoms with van der Waals surface area (Å²) in [4.78, 5) is 0. The van der Waals surface area contributed by atoms with E-state index < -0.39 is 0 Å². The zero-order valence-electron chi connectivity index (χ0n) is 11.0. The number of anilines is 1. The summed E-state index contributed by atoms with van der Waals surface area (Å²) >= 11 is 0. The lowest BCUT2D eigenvalue weighted by atomic mass is 10.1. The van der Waals surface area contributed by atoms with E-state index in [1.807, 2.05) is 22.9 Å². The van der Waals surface area contributed by atoms with Crippen LogP contribution in [0.3, 0.4) is 0 Å². The first-order chi connectivity index (χ1) is 9.83. The van der Waals surface area contributed by atoms with Crippen LogP contribution in [-0.4, -0.2) is 29.6 Å². The predicted octanol–water partition coefficient (Wildman–Crippen LogP) is 1.30. The molecule has 2 aliphatic rings. The number of nitrogens with two attached hydrogens (primary N) is 1. The molecule has 6 nitrogen and oxygen atoms in total. The van der Waals surface area contributed by atoms with Gasteiger partial charge in [0.05, 0.1) is 24.6 Å². The maximum atomic E-state index is 5.97. The third kappa shape index (κ3) is 1.72. The second-order valence-electron chi connectivity index (χ2n) is 4.85. The quantitative estimate of drug-likeness (QED) is 0.848. The first kappa shape index (κ1) is 11.6. The third-order valence-electron chi connectivity index (χ3n) is 3.62. The molecule has 0 atom stereocenters. The third-order valence-corrected chi connectivity index (χ3v) is 3.62. The van der Waals surface area contributed by atoms with E-state index in [0.717, 1.165) is 34.9 Å². The van der Waals surface area contributed by atoms with Crippen LogP contribution in [0.4, 0.5) is 5.82 Å². The van der Waals surface area contributed by atoms with Gasteiger partial charge in [-0.25, -0.2) is 4.68 Å². The summed E-state index contributed by atoms with van der Waals surface area (Å²) in [6.07, 6.45) is 0.813. The minimum absolute atomic E-state index is 0.533. The highest BCUT2D eigenvalue weighted by atomic mass is 16.6. The summed E-state index contributed by atoms with van der Waals surface area (Å²) in [7, 11) is 0. The molecule has 4 rings (SSSR count). The van der Waals surface area contributed by atoms with Crippen molar-refractivity contribution in [3.63, 3.8) is 0 Å². The summed E-state index contributed by atoms with van der Waals surface area (Å²) < 4.78 is 18.5. The summed E-state index contributed by atoms with van der Waals surface area (Å²) in [6, 6.07) is 5.82. The van der Waals surface area contributed by atoms with Crippen molar-refractivity contribution in [2.45, 2.75) is 13.0 Å². The van der Waals surface area contributed by atoms with E-state index in [1.165, 1.54) is 0 Å². The van der Waals surface area contributed by atoms with Gasteiger partial charge in [0.2, 0.25) is 0 Å². The van der Waals surface area contributed by atoms with Gasteiger partial charge in [0.25, 0.3) is 0 Å². The molecule has 2 aromatic rings. The number of hydrogen-bond acceptors (Lipinski definition) is 5. The Hall–Kier alpha value is -2.21. The molecule has 104 valence electrons. The van der Waals surface area contributed by atoms with Crippen molar-refractivity contribution >= 4 is 5.82 Å². The Morgan fingerprint density at radius 1 is 1.10 bits per heavy atom. The fourth-order valence-corrected chi connectivity index (χ4v) is 2.64. The van der Waals surface area contributed by atoms with E-state index in [1.54, 1.807) is 0 Å². The molecule has 0 saturated heterocycles. The zero-order chi connectivity index (χ0) is 13.5. The van der Waals surface area contributed by atoms with Gasteiger partial charge in [-0.3, -0.25) is 0 Å². The standard InChI is InChI=1S/C14H15N3O3/c15-14-10-8-18-4-3-11(10)17(16-14)9-1-2-12-13(7-9)20-6-5-19-12/h1-2,7H,3-6,8H2,(H2,15,16). The highest BCUT2D eigenvalue weighted by molar-refractivity contribution is 5.53. The summed E-state index contributed by atoms with van der Waals surface area (Å²) in [5, 5.41) is 4.43. The van der Waals surface area contributed by atoms with Gasteiger partial charge < -0.3 is 19.9 Å². The van der Waals surface area contributed by atoms with Crippen molar-refractivity contribution in [3.8, 4) is 17.2 Å². The van der Waals surface area contributed by atoms with E-state index >= 15 is 0 Å². The Labute approximate surface area is 116 Å². The predicted molar refractivity (Wildman–Crippen MR) is 72.3 cm³/mol. The number of aromatic nitrogens is 2. The maximum Gasteiger partial charge on any atom is 0.163 e. The molecule has 0 spiro atoms. The van der Waals surface area contributed by atoms with Gasteiger partial charge in [-0.2, -0.15) is 5.10 Å². The highest BCUT2D eigenvalue weighted by Crippen LogP contribution is 2.33. The number of benzene rings is 1. The second-order valence-corrected chi connectivity index (χ2v) is 4.85. The lowest BCUT2D eigenvalue weighted by Gasteiger charge is -2.20. The van der Waals surface area contributed by atoms with Crippen molar-refractivity contribution in [1.29, 1.82) is 0 Å². The molecular formula is C14H15N3O3. The van der Waals surface area contributed by atoms with Crippen molar-refractivity contribution in [2.75, 3.05) is 25.6 Å². The molecule has 1 aromatic carbocycles. The molecule has 3 heterocycles. The van der Waals surface area contributed by atoms with E-state index in [4.69, 9.17) is 19.9 Å². The van der Waals surface area contributed by atoms with Gasteiger partial charge in [-0.1, -0.05) is 0 Å². The molecule has 0 unspecified atom stereocenters. The molecule has 6 heteroatoms. The Kier molecular flexibility index (Phi) is 2.56. The van der Waals surface area contributed by atoms with Crippen molar-refractivity contribution < 1.29 is 14.2 Å². The Bertz CT molecular complexity index is 666. The van der Waals surface area contributed by atoms with Gasteiger partial charge >= 0.3 is 0 Å². The van der Waals surface area contributed by atoms with Crippen LogP contribution in [0.25, 0.3) is 5.69 Å². The van der Waals surface area contributed by atoms with E-state index in [2.05, 4.69) is 5.10 Å². The number of hydrogen-bond donors (Lipinski definition) is 1. The van der Waals surface area contributed by atoms with Crippen molar-refractivity contribution in [2.24, 2.45) is 0 Å². The smallest absolute Gasteiger partial charge is 0.163 e. The normalized spacial score (nSPS) is 16.8. The Morgan fingerprint density at radius 2 is 1.95 bits per heavy atom. The minimum atomic E-state index is 0.533. The van der Waals surface area contributed by atoms with Gasteiger partial charge in [-0.05, 0) is 12.1 Å². The molecule has 20 heavy (non-hydrogen) atoms. The minimum Gasteiger partial charge on any atom is -0.486 e. The molecule has 2 N–H and O–H groups in total. The first-order valence-electron chi connectivity index (χ1n) is 6.67. The van der Waals surface area contributed by atoms with Crippen LogP contribution in [0.1, 0.15) is 11.3 Å². The van der Waals surface area contributed by atoms with Gasteiger partial charge in [0.1, 0.15) is 13.2 Å². The molecule has 0 bridgehead atoms. The average Bonchev–Trinajstić information content (AvgIpc) is 2.85. The molecule has 0 aliphatic carbocycles. The molecule has 2 aliphatic heterocycles. The zero-order valence-corrected chi connectivity index (χ0v) is 11.0. The number of nitrogens with zero attached hydrogens (tertiary/aromatic N) is 2. The summed E-state index contributed by atoms with van der Waals surface area (Å²) in [5.74, 6) is 2.07. The number of fused-ring (bicyclic) bond motifs is 2. The van der Waals surface area contributed by atoms with Crippen LogP contribution in [-0.2, 0) is 17.8 Å². The van der Waals surface area contributed by atoms with Crippen LogP contribution in [0, 0.1) is 0 Å². The van der Waals surface area contributed by atoms with Crippen LogP contribution < -0.4 is 15.2 Å². The highest BCUT2D eigenvalue weighted by Gasteiger charge is 2.21. The molecular weight excluding hydrogens is 258 g/mol. The van der Waals surface area contributed by atoms with Gasteiger partial charge in [-0.15, -0.1) is 0 Å². The number of rotatable bonds is 1.